The van der Waals surface area contributed by atoms with Crippen LogP contribution in [0.15, 0.2) is 60.8 Å². The molecule has 0 spiro atoms. The van der Waals surface area contributed by atoms with E-state index in [-0.39, 0.29) is 31.1 Å². The smallest absolute Gasteiger partial charge is 0.306 e. The standard InChI is InChI=1S/C61H108O6/c1-4-7-10-13-16-19-22-25-28-29-30-31-32-33-34-37-39-42-45-48-51-54-60(63)66-57-58(67-61(64)55-52-49-46-43-40-36-27-24-21-18-15-12-9-6-3)56-65-59(62)53-50-47-44-41-38-35-26-23-20-17-14-11-8-5-2/h15,18,22,24-25,27,29-30,32-33,58H,4-14,16-17,19-21,23,26,28,31,34-57H2,1-3H3/b18-15-,25-22-,27-24-,30-29-,33-32-. The summed E-state index contributed by atoms with van der Waals surface area (Å²) in [6.45, 7) is 6.59. The fourth-order valence-corrected chi connectivity index (χ4v) is 8.11. The molecule has 1 unspecified atom stereocenters. The number of carbonyl (C=O) groups excluding carboxylic acids is 3. The minimum atomic E-state index is -0.785. The lowest BCUT2D eigenvalue weighted by Gasteiger charge is -2.18. The predicted molar refractivity (Wildman–Crippen MR) is 288 cm³/mol. The summed E-state index contributed by atoms with van der Waals surface area (Å²) in [5.74, 6) is -0.898. The number of hydrogen-bond donors (Lipinski definition) is 0. The van der Waals surface area contributed by atoms with Crippen LogP contribution in [0.2, 0.25) is 0 Å². The predicted octanol–water partition coefficient (Wildman–Crippen LogP) is 19.2. The summed E-state index contributed by atoms with van der Waals surface area (Å²) in [6, 6.07) is 0. The first kappa shape index (κ1) is 64.1. The first-order valence-corrected chi connectivity index (χ1v) is 28.8. The Balaban J connectivity index is 4.37. The van der Waals surface area contributed by atoms with Crippen LogP contribution in [0.1, 0.15) is 290 Å². The van der Waals surface area contributed by atoms with Crippen LogP contribution in [0.5, 0.6) is 0 Å². The van der Waals surface area contributed by atoms with Crippen LogP contribution in [0, 0.1) is 0 Å². The van der Waals surface area contributed by atoms with Crippen LogP contribution < -0.4 is 0 Å². The van der Waals surface area contributed by atoms with E-state index < -0.39 is 6.10 Å². The summed E-state index contributed by atoms with van der Waals surface area (Å²) in [5, 5.41) is 0. The molecular formula is C61H108O6. The van der Waals surface area contributed by atoms with Crippen molar-refractivity contribution in [1.82, 2.24) is 0 Å². The van der Waals surface area contributed by atoms with E-state index in [0.29, 0.717) is 19.3 Å². The largest absolute Gasteiger partial charge is 0.462 e. The molecule has 0 aliphatic carbocycles. The second-order valence-electron chi connectivity index (χ2n) is 19.2. The molecule has 0 aromatic rings. The molecule has 0 radical (unpaired) electrons. The van der Waals surface area contributed by atoms with Gasteiger partial charge in [-0.15, -0.1) is 0 Å². The number of rotatable bonds is 52. The molecule has 67 heavy (non-hydrogen) atoms. The molecule has 0 N–H and O–H groups in total. The molecule has 0 bridgehead atoms. The zero-order valence-electron chi connectivity index (χ0n) is 44.4. The zero-order valence-corrected chi connectivity index (χ0v) is 44.4. The Kier molecular flexibility index (Phi) is 53.3. The second kappa shape index (κ2) is 55.7. The van der Waals surface area contributed by atoms with Gasteiger partial charge in [-0.2, -0.15) is 0 Å². The SMILES string of the molecule is CCCC/C=C\C/C=C\CCCCCCCC(=O)OC(COC(=O)CCCCCCCC/C=C\C/C=C\C/C=C\CCCCCCC)COC(=O)CCCCCCCCCCCCCCCC. The Bertz CT molecular complexity index is 1210. The van der Waals surface area contributed by atoms with Crippen molar-refractivity contribution in [3.05, 3.63) is 60.8 Å². The van der Waals surface area contributed by atoms with E-state index in [0.717, 1.165) is 103 Å². The van der Waals surface area contributed by atoms with E-state index in [1.165, 1.54) is 148 Å². The van der Waals surface area contributed by atoms with Crippen LogP contribution >= 0.6 is 0 Å². The van der Waals surface area contributed by atoms with Crippen LogP contribution in [-0.4, -0.2) is 37.2 Å². The van der Waals surface area contributed by atoms with Gasteiger partial charge in [0, 0.05) is 19.3 Å². The fourth-order valence-electron chi connectivity index (χ4n) is 8.11. The molecule has 6 nitrogen and oxygen atoms in total. The van der Waals surface area contributed by atoms with Crippen LogP contribution in [0.25, 0.3) is 0 Å². The first-order valence-electron chi connectivity index (χ1n) is 28.8. The number of unbranched alkanes of at least 4 members (excludes halogenated alkanes) is 31. The molecule has 0 saturated carbocycles. The van der Waals surface area contributed by atoms with E-state index in [9.17, 15) is 14.4 Å². The molecule has 0 heterocycles. The maximum absolute atomic E-state index is 12.8. The van der Waals surface area contributed by atoms with E-state index in [1.807, 2.05) is 0 Å². The highest BCUT2D eigenvalue weighted by molar-refractivity contribution is 5.71. The molecule has 0 aromatic carbocycles. The first-order chi connectivity index (χ1) is 33.0. The average molecular weight is 938 g/mol. The number of allylic oxidation sites excluding steroid dienone is 10. The minimum absolute atomic E-state index is 0.0820. The van der Waals surface area contributed by atoms with Gasteiger partial charge >= 0.3 is 17.9 Å². The topological polar surface area (TPSA) is 78.9 Å². The number of carbonyl (C=O) groups is 3. The highest BCUT2D eigenvalue weighted by Crippen LogP contribution is 2.15. The molecule has 0 saturated heterocycles. The van der Waals surface area contributed by atoms with Gasteiger partial charge in [0.15, 0.2) is 6.10 Å². The fraction of sp³-hybridized carbons (Fsp3) is 0.787. The van der Waals surface area contributed by atoms with Crippen molar-refractivity contribution in [3.63, 3.8) is 0 Å². The van der Waals surface area contributed by atoms with E-state index >= 15 is 0 Å². The lowest BCUT2D eigenvalue weighted by molar-refractivity contribution is -0.167. The third kappa shape index (κ3) is 53.9. The minimum Gasteiger partial charge on any atom is -0.462 e. The van der Waals surface area contributed by atoms with Crippen molar-refractivity contribution in [2.75, 3.05) is 13.2 Å². The Hall–Kier alpha value is -2.89. The van der Waals surface area contributed by atoms with E-state index in [4.69, 9.17) is 14.2 Å². The van der Waals surface area contributed by atoms with Gasteiger partial charge in [0.1, 0.15) is 13.2 Å². The molecule has 0 aliphatic rings. The quantitative estimate of drug-likeness (QED) is 0.0262. The monoisotopic (exact) mass is 937 g/mol. The van der Waals surface area contributed by atoms with E-state index in [2.05, 4.69) is 81.5 Å². The molecule has 1 atom stereocenters. The van der Waals surface area contributed by atoms with Crippen LogP contribution in [0.4, 0.5) is 0 Å². The lowest BCUT2D eigenvalue weighted by Crippen LogP contribution is -2.30. The van der Waals surface area contributed by atoms with Crippen molar-refractivity contribution < 1.29 is 28.6 Å². The van der Waals surface area contributed by atoms with E-state index in [1.54, 1.807) is 0 Å². The summed E-state index contributed by atoms with van der Waals surface area (Å²) in [4.78, 5) is 38.1. The Morgan fingerprint density at radius 1 is 0.299 bits per heavy atom. The zero-order chi connectivity index (χ0) is 48.6. The van der Waals surface area contributed by atoms with Crippen LogP contribution in [-0.2, 0) is 28.6 Å². The molecule has 6 heteroatoms. The molecule has 388 valence electrons. The molecule has 0 amide bonds. The van der Waals surface area contributed by atoms with Crippen molar-refractivity contribution in [2.45, 2.75) is 297 Å². The van der Waals surface area contributed by atoms with Gasteiger partial charge in [-0.25, -0.2) is 0 Å². The molecule has 0 aliphatic heterocycles. The number of ether oxygens (including phenoxy) is 3. The summed E-state index contributed by atoms with van der Waals surface area (Å²) >= 11 is 0. The normalized spacial score (nSPS) is 12.5. The van der Waals surface area contributed by atoms with Crippen LogP contribution in [0.3, 0.4) is 0 Å². The molecular weight excluding hydrogens is 829 g/mol. The van der Waals surface area contributed by atoms with Crippen molar-refractivity contribution in [1.29, 1.82) is 0 Å². The van der Waals surface area contributed by atoms with Gasteiger partial charge in [-0.3, -0.25) is 14.4 Å². The third-order valence-corrected chi connectivity index (χ3v) is 12.5. The maximum atomic E-state index is 12.8. The summed E-state index contributed by atoms with van der Waals surface area (Å²) in [7, 11) is 0. The molecule has 0 rings (SSSR count). The number of hydrogen-bond acceptors (Lipinski definition) is 6. The second-order valence-corrected chi connectivity index (χ2v) is 19.2. The number of esters is 3. The van der Waals surface area contributed by atoms with Crippen molar-refractivity contribution >= 4 is 17.9 Å². The third-order valence-electron chi connectivity index (χ3n) is 12.5. The van der Waals surface area contributed by atoms with Gasteiger partial charge in [0.25, 0.3) is 0 Å². The van der Waals surface area contributed by atoms with Crippen molar-refractivity contribution in [2.24, 2.45) is 0 Å². The summed E-state index contributed by atoms with van der Waals surface area (Å²) in [5.41, 5.74) is 0. The molecule has 0 fully saturated rings. The Morgan fingerprint density at radius 2 is 0.552 bits per heavy atom. The van der Waals surface area contributed by atoms with Gasteiger partial charge in [0.05, 0.1) is 0 Å². The highest BCUT2D eigenvalue weighted by Gasteiger charge is 2.19. The van der Waals surface area contributed by atoms with Gasteiger partial charge in [0.2, 0.25) is 0 Å². The average Bonchev–Trinajstić information content (AvgIpc) is 3.33. The Morgan fingerprint density at radius 3 is 0.881 bits per heavy atom. The summed E-state index contributed by atoms with van der Waals surface area (Å²) < 4.78 is 16.8. The van der Waals surface area contributed by atoms with Gasteiger partial charge < -0.3 is 14.2 Å². The van der Waals surface area contributed by atoms with Gasteiger partial charge in [-0.1, -0.05) is 248 Å². The molecule has 0 aromatic heterocycles. The lowest BCUT2D eigenvalue weighted by atomic mass is 10.0. The summed E-state index contributed by atoms with van der Waals surface area (Å²) in [6.07, 6.45) is 69.2. The maximum Gasteiger partial charge on any atom is 0.306 e. The van der Waals surface area contributed by atoms with Crippen molar-refractivity contribution in [3.8, 4) is 0 Å². The highest BCUT2D eigenvalue weighted by atomic mass is 16.6. The van der Waals surface area contributed by atoms with Gasteiger partial charge in [-0.05, 0) is 83.5 Å². The Labute approximate surface area is 415 Å².